The topological polar surface area (TPSA) is 300 Å². The Morgan fingerprint density at radius 3 is 2.38 bits per heavy atom. The highest BCUT2D eigenvalue weighted by Crippen LogP contribution is 2.57. The first kappa shape index (κ1) is 32.3. The van der Waals surface area contributed by atoms with E-state index in [2.05, 4.69) is 54.4 Å². The molecule has 2 fully saturated rings. The minimum absolute atomic E-state index is 0.0439. The van der Waals surface area contributed by atoms with Gasteiger partial charge in [0.2, 0.25) is 13.2 Å². The van der Waals surface area contributed by atoms with Gasteiger partial charge < -0.3 is 40.8 Å². The summed E-state index contributed by atoms with van der Waals surface area (Å²) in [4.78, 5) is 34.7. The van der Waals surface area contributed by atoms with Gasteiger partial charge in [-0.15, -0.1) is 0 Å². The molecule has 2 aliphatic heterocycles. The molecule has 0 bridgehead atoms. The normalized spacial score (nSPS) is 30.7. The summed E-state index contributed by atoms with van der Waals surface area (Å²) in [7, 11) is -2.90. The van der Waals surface area contributed by atoms with Crippen molar-refractivity contribution in [3.05, 3.63) is 29.3 Å². The molecule has 0 amide bonds. The first-order valence-corrected chi connectivity index (χ1v) is 18.2. The number of nitrogens with two attached hydrogens (primary N) is 2. The number of aliphatic hydroxyl groups is 3. The Hall–Kier alpha value is -2.66. The van der Waals surface area contributed by atoms with Crippen LogP contribution in [0.2, 0.25) is 0 Å². The molecule has 0 radical (unpaired) electrons. The van der Waals surface area contributed by atoms with E-state index in [9.17, 15) is 29.2 Å². The fourth-order valence-electron chi connectivity index (χ4n) is 5.07. The number of anilines is 2. The second kappa shape index (κ2) is 12.5. The van der Waals surface area contributed by atoms with Crippen LogP contribution in [0, 0.1) is 0 Å². The van der Waals surface area contributed by atoms with Gasteiger partial charge in [0.15, 0.2) is 35.1 Å². The maximum Gasteiger partial charge on any atom is 0.386 e. The van der Waals surface area contributed by atoms with E-state index in [1.54, 1.807) is 0 Å². The number of imidazole rings is 2. The third-order valence-corrected chi connectivity index (χ3v) is 9.49. The largest absolute Gasteiger partial charge is 0.394 e. The molecule has 21 nitrogen and oxygen atoms in total. The minimum Gasteiger partial charge on any atom is -0.394 e. The minimum atomic E-state index is -4.42. The van der Waals surface area contributed by atoms with E-state index < -0.39 is 81.9 Å². The number of H-pyrrole nitrogens is 1. The van der Waals surface area contributed by atoms with Crippen LogP contribution in [0.25, 0.3) is 22.3 Å². The van der Waals surface area contributed by atoms with Crippen molar-refractivity contribution in [1.29, 1.82) is 0 Å². The molecular weight excluding hydrogens is 682 g/mol. The molecule has 0 spiro atoms. The zero-order valence-electron chi connectivity index (χ0n) is 22.5. The fourth-order valence-corrected chi connectivity index (χ4v) is 7.38. The van der Waals surface area contributed by atoms with Crippen molar-refractivity contribution < 1.29 is 47.5 Å². The molecule has 0 aromatic carbocycles. The van der Waals surface area contributed by atoms with Crippen LogP contribution in [-0.4, -0.2) is 104 Å². The maximum absolute atomic E-state index is 13.4. The highest BCUT2D eigenvalue weighted by atomic mass is 32.7. The summed E-state index contributed by atoms with van der Waals surface area (Å²) >= 11 is 7.84. The molecule has 0 saturated carbocycles. The second-order valence-corrected chi connectivity index (χ2v) is 14.6. The molecule has 0 aliphatic carbocycles. The van der Waals surface area contributed by atoms with Gasteiger partial charge in [0, 0.05) is 0 Å². The second-order valence-electron chi connectivity index (χ2n) is 9.83. The zero-order chi connectivity index (χ0) is 32.2. The molecule has 10 atom stereocenters. The number of ether oxygens (including phenoxy) is 2. The van der Waals surface area contributed by atoms with E-state index in [0.717, 1.165) is 0 Å². The van der Waals surface area contributed by atoms with Gasteiger partial charge in [-0.25, -0.2) is 24.5 Å². The van der Waals surface area contributed by atoms with Crippen molar-refractivity contribution in [2.24, 2.45) is 0 Å². The molecule has 6 rings (SSSR count). The maximum atomic E-state index is 13.4. The van der Waals surface area contributed by atoms with Crippen LogP contribution in [0.3, 0.4) is 0 Å². The number of hydrogen-bond acceptors (Lipinski definition) is 18. The standard InChI is InChI=1S/C20H26N10O11P2S2/c21-14-8-15(24-3-23-14)29(4-25-8)18-12(40-42(35)44)11(33)7(39-18)2-37-43(36,45)41-13-10(32)6(1-31)38-19(13)30-5-26-9-16(30)27-20(22)28-17(9)34/h3-7,10-13,18-19,31-33,42H,1-2H2,(H,35,44)(H,36,45)(H2,21,23,24)(H3,22,27,28,34)/t6-,7-,10?,11?,12?,13?,18-,19-,43?/m1/s1. The van der Waals surface area contributed by atoms with E-state index in [1.807, 2.05) is 0 Å². The van der Waals surface area contributed by atoms with Crippen molar-refractivity contribution in [2.75, 3.05) is 24.7 Å². The average molecular weight is 709 g/mol. The first-order chi connectivity index (χ1) is 21.4. The number of aliphatic hydroxyl groups excluding tert-OH is 3. The number of aromatic nitrogens is 8. The molecule has 25 heteroatoms. The molecule has 45 heavy (non-hydrogen) atoms. The van der Waals surface area contributed by atoms with E-state index in [-0.39, 0.29) is 34.1 Å². The highest BCUT2D eigenvalue weighted by Gasteiger charge is 2.51. The van der Waals surface area contributed by atoms with E-state index >= 15 is 0 Å². The molecule has 4 aromatic heterocycles. The Bertz CT molecular complexity index is 1860. The molecule has 4 aromatic rings. The number of hydrogen-bond donors (Lipinski definition) is 8. The molecule has 2 aliphatic rings. The van der Waals surface area contributed by atoms with Gasteiger partial charge in [0.25, 0.3) is 5.56 Å². The van der Waals surface area contributed by atoms with Crippen LogP contribution in [0.4, 0.5) is 11.8 Å². The van der Waals surface area contributed by atoms with Gasteiger partial charge in [-0.05, 0) is 0 Å². The van der Waals surface area contributed by atoms with Crippen LogP contribution < -0.4 is 17.0 Å². The van der Waals surface area contributed by atoms with Crippen molar-refractivity contribution in [1.82, 2.24) is 39.0 Å². The van der Waals surface area contributed by atoms with Crippen LogP contribution in [0.5, 0.6) is 0 Å². The van der Waals surface area contributed by atoms with E-state index in [1.165, 1.54) is 28.1 Å². The third-order valence-electron chi connectivity index (χ3n) is 7.09. The summed E-state index contributed by atoms with van der Waals surface area (Å²) < 4.78 is 56.0. The number of nitrogen functional groups attached to an aromatic ring is 2. The van der Waals surface area contributed by atoms with Crippen molar-refractivity contribution in [2.45, 2.75) is 49.1 Å². The molecule has 8 N–H and O–H groups in total. The lowest BCUT2D eigenvalue weighted by Gasteiger charge is -2.25. The molecule has 6 heterocycles. The zero-order valence-corrected chi connectivity index (χ0v) is 26.2. The molecule has 6 unspecified atom stereocenters. The van der Waals surface area contributed by atoms with Gasteiger partial charge in [-0.2, -0.15) is 4.98 Å². The lowest BCUT2D eigenvalue weighted by molar-refractivity contribution is -0.0540. The summed E-state index contributed by atoms with van der Waals surface area (Å²) in [5.41, 5.74) is 11.2. The molecule has 2 saturated heterocycles. The SMILES string of the molecule is Nc1nc2c(ncn2[C@@H]2O[C@H](CO)C(O)C2OP(=O)(S)OC[C@H]2O[C@@H](n3cnc4c(N)ncnc43)C(O[PH](=O)S)C2O)c(=O)[nH]1. The molecular formula is C20H26N10O11P2S2. The number of fused-ring (bicyclic) bond motifs is 2. The highest BCUT2D eigenvalue weighted by molar-refractivity contribution is 8.44. The van der Waals surface area contributed by atoms with Gasteiger partial charge in [0.1, 0.15) is 48.5 Å². The number of thiol groups is 2. The van der Waals surface area contributed by atoms with Crippen molar-refractivity contribution in [3.8, 4) is 0 Å². The number of nitrogens with one attached hydrogen (secondary N) is 1. The predicted octanol–water partition coefficient (Wildman–Crippen LogP) is -1.22. The summed E-state index contributed by atoms with van der Waals surface area (Å²) in [6.45, 7) is -5.68. The van der Waals surface area contributed by atoms with Gasteiger partial charge >= 0.3 is 6.80 Å². The van der Waals surface area contributed by atoms with E-state index in [4.69, 9.17) is 34.5 Å². The number of rotatable bonds is 10. The van der Waals surface area contributed by atoms with Crippen LogP contribution in [0.1, 0.15) is 12.5 Å². The number of nitrogens with zero attached hydrogens (tertiary/aromatic N) is 7. The Kier molecular flexibility index (Phi) is 8.97. The smallest absolute Gasteiger partial charge is 0.386 e. The van der Waals surface area contributed by atoms with Crippen LogP contribution in [0.15, 0.2) is 23.8 Å². The van der Waals surface area contributed by atoms with Gasteiger partial charge in [-0.1, -0.05) is 24.5 Å². The fraction of sp³-hybridized carbons (Fsp3) is 0.500. The summed E-state index contributed by atoms with van der Waals surface area (Å²) in [5.74, 6) is -0.147. The van der Waals surface area contributed by atoms with Crippen molar-refractivity contribution >= 4 is 72.6 Å². The monoisotopic (exact) mass is 708 g/mol. The average Bonchev–Trinajstić information content (AvgIpc) is 3.73. The quantitative estimate of drug-likeness (QED) is 0.0707. The van der Waals surface area contributed by atoms with Crippen LogP contribution in [-0.2, 0) is 32.2 Å². The Morgan fingerprint density at radius 2 is 1.67 bits per heavy atom. The summed E-state index contributed by atoms with van der Waals surface area (Å²) in [6.07, 6.45) is -7.11. The van der Waals surface area contributed by atoms with Crippen LogP contribution >= 0.6 is 38.5 Å². The van der Waals surface area contributed by atoms with Gasteiger partial charge in [-0.3, -0.25) is 32.5 Å². The van der Waals surface area contributed by atoms with Gasteiger partial charge in [0.05, 0.1) is 25.9 Å². The predicted molar refractivity (Wildman–Crippen MR) is 159 cm³/mol. The Morgan fingerprint density at radius 1 is 1.02 bits per heavy atom. The first-order valence-electron chi connectivity index (χ1n) is 12.9. The molecule has 244 valence electrons. The third kappa shape index (κ3) is 6.11. The lowest BCUT2D eigenvalue weighted by atomic mass is 10.1. The number of aromatic amines is 1. The summed E-state index contributed by atoms with van der Waals surface area (Å²) in [6, 6.07) is 0. The van der Waals surface area contributed by atoms with E-state index in [0.29, 0.717) is 0 Å². The van der Waals surface area contributed by atoms with Crippen molar-refractivity contribution in [3.63, 3.8) is 0 Å². The summed E-state index contributed by atoms with van der Waals surface area (Å²) in [5, 5.41) is 31.6. The Balaban J connectivity index is 1.22. The Labute approximate surface area is 261 Å². The lowest BCUT2D eigenvalue weighted by Crippen LogP contribution is -2.36.